The van der Waals surface area contributed by atoms with E-state index in [1.165, 1.54) is 98.1 Å². The zero-order valence-corrected chi connectivity index (χ0v) is 36.2. The van der Waals surface area contributed by atoms with Crippen molar-refractivity contribution in [1.82, 2.24) is 0 Å². The number of benzene rings is 9. The quantitative estimate of drug-likeness (QED) is 0.171. The topological polar surface area (TPSA) is 3.24 Å². The molecule has 1 spiro atoms. The maximum absolute atomic E-state index is 2.49. The molecular formula is C60H45NS. The highest BCUT2D eigenvalue weighted by Gasteiger charge is 2.53. The van der Waals surface area contributed by atoms with E-state index in [1.807, 2.05) is 25.2 Å². The van der Waals surface area contributed by atoms with Crippen molar-refractivity contribution in [2.24, 2.45) is 0 Å². The SMILES string of the molecule is CC.CC1(C)c2ccccc2-c2ccc(N(c3ccccc3)c3ccccc3-c3cccc4c3C3(c5ccccc5-4)c4ccccc4-c4c3ccc3sc5ccccc5c43)cc21. The van der Waals surface area contributed by atoms with Gasteiger partial charge in [0.1, 0.15) is 0 Å². The molecule has 0 N–H and O–H groups in total. The summed E-state index contributed by atoms with van der Waals surface area (Å²) in [6, 6.07) is 75.4. The van der Waals surface area contributed by atoms with Gasteiger partial charge >= 0.3 is 0 Å². The molecule has 62 heavy (non-hydrogen) atoms. The molecule has 0 bridgehead atoms. The van der Waals surface area contributed by atoms with Gasteiger partial charge in [0.15, 0.2) is 0 Å². The van der Waals surface area contributed by atoms with Crippen LogP contribution in [0.1, 0.15) is 61.1 Å². The smallest absolute Gasteiger partial charge is 0.0731 e. The minimum Gasteiger partial charge on any atom is -0.310 e. The fourth-order valence-corrected chi connectivity index (χ4v) is 12.6. The summed E-state index contributed by atoms with van der Waals surface area (Å²) in [7, 11) is 0. The third kappa shape index (κ3) is 4.84. The highest BCUT2D eigenvalue weighted by molar-refractivity contribution is 7.26. The van der Waals surface area contributed by atoms with E-state index in [2.05, 4.69) is 219 Å². The zero-order chi connectivity index (χ0) is 41.7. The Morgan fingerprint density at radius 3 is 1.73 bits per heavy atom. The monoisotopic (exact) mass is 811 g/mol. The van der Waals surface area contributed by atoms with E-state index < -0.39 is 5.41 Å². The lowest BCUT2D eigenvalue weighted by Gasteiger charge is -2.34. The number of rotatable bonds is 4. The van der Waals surface area contributed by atoms with Crippen LogP contribution in [0.4, 0.5) is 17.1 Å². The fraction of sp³-hybridized carbons (Fsp3) is 0.100. The molecule has 3 aliphatic carbocycles. The summed E-state index contributed by atoms with van der Waals surface area (Å²) in [5, 5.41) is 2.71. The second-order valence-electron chi connectivity index (χ2n) is 17.1. The second kappa shape index (κ2) is 13.8. The van der Waals surface area contributed by atoms with Crippen molar-refractivity contribution in [3.63, 3.8) is 0 Å². The van der Waals surface area contributed by atoms with Gasteiger partial charge in [0.25, 0.3) is 0 Å². The van der Waals surface area contributed by atoms with E-state index in [1.54, 1.807) is 0 Å². The predicted octanol–water partition coefficient (Wildman–Crippen LogP) is 16.9. The summed E-state index contributed by atoms with van der Waals surface area (Å²) >= 11 is 1.90. The summed E-state index contributed by atoms with van der Waals surface area (Å²) in [5.41, 5.74) is 21.5. The van der Waals surface area contributed by atoms with Crippen LogP contribution in [0.15, 0.2) is 200 Å². The zero-order valence-electron chi connectivity index (χ0n) is 35.4. The van der Waals surface area contributed by atoms with Crippen LogP contribution in [0.25, 0.3) is 64.7 Å². The lowest BCUT2D eigenvalue weighted by atomic mass is 9.68. The van der Waals surface area contributed by atoms with E-state index in [-0.39, 0.29) is 5.41 Å². The molecule has 3 aliphatic rings. The van der Waals surface area contributed by atoms with E-state index in [4.69, 9.17) is 0 Å². The number of anilines is 3. The fourth-order valence-electron chi connectivity index (χ4n) is 11.5. The van der Waals surface area contributed by atoms with Gasteiger partial charge in [-0.05, 0) is 115 Å². The van der Waals surface area contributed by atoms with E-state index in [9.17, 15) is 0 Å². The lowest BCUT2D eigenvalue weighted by molar-refractivity contribution is 0.660. The van der Waals surface area contributed by atoms with E-state index >= 15 is 0 Å². The Bertz CT molecular complexity index is 3420. The van der Waals surface area contributed by atoms with Crippen LogP contribution in [0.2, 0.25) is 0 Å². The molecule has 9 aromatic carbocycles. The largest absolute Gasteiger partial charge is 0.310 e. The Balaban J connectivity index is 0.00000202. The molecular weight excluding hydrogens is 767 g/mol. The second-order valence-corrected chi connectivity index (χ2v) is 18.2. The number of para-hydroxylation sites is 2. The molecule has 1 atom stereocenters. The molecule has 0 aliphatic heterocycles. The van der Waals surface area contributed by atoms with Crippen LogP contribution < -0.4 is 4.90 Å². The van der Waals surface area contributed by atoms with E-state index in [0.29, 0.717) is 0 Å². The normalized spacial score (nSPS) is 15.6. The van der Waals surface area contributed by atoms with Crippen LogP contribution in [0.3, 0.4) is 0 Å². The minimum atomic E-state index is -0.514. The molecule has 0 fully saturated rings. The van der Waals surface area contributed by atoms with Gasteiger partial charge in [-0.1, -0.05) is 185 Å². The van der Waals surface area contributed by atoms with Crippen LogP contribution in [0.5, 0.6) is 0 Å². The summed E-state index contributed by atoms with van der Waals surface area (Å²) in [6.45, 7) is 8.74. The van der Waals surface area contributed by atoms with Gasteiger partial charge in [0, 0.05) is 42.5 Å². The first-order chi connectivity index (χ1) is 30.5. The van der Waals surface area contributed by atoms with Crippen LogP contribution in [-0.2, 0) is 10.8 Å². The summed E-state index contributed by atoms with van der Waals surface area (Å²) in [6.07, 6.45) is 0. The van der Waals surface area contributed by atoms with Gasteiger partial charge in [-0.15, -0.1) is 11.3 Å². The summed E-state index contributed by atoms with van der Waals surface area (Å²) in [4.78, 5) is 2.49. The molecule has 10 aromatic rings. The summed E-state index contributed by atoms with van der Waals surface area (Å²) in [5.74, 6) is 0. The number of thiophene rings is 1. The highest BCUT2D eigenvalue weighted by Crippen LogP contribution is 2.66. The Kier molecular flexibility index (Phi) is 8.17. The lowest BCUT2D eigenvalue weighted by Crippen LogP contribution is -2.26. The van der Waals surface area contributed by atoms with Gasteiger partial charge in [-0.25, -0.2) is 0 Å². The molecule has 2 heteroatoms. The Labute approximate surface area is 368 Å². The molecule has 1 nitrogen and oxygen atoms in total. The number of nitrogens with zero attached hydrogens (tertiary/aromatic N) is 1. The maximum Gasteiger partial charge on any atom is 0.0731 e. The van der Waals surface area contributed by atoms with Crippen LogP contribution in [-0.4, -0.2) is 0 Å². The van der Waals surface area contributed by atoms with Gasteiger partial charge in [-0.3, -0.25) is 0 Å². The number of fused-ring (bicyclic) bond motifs is 17. The molecule has 1 unspecified atom stereocenters. The van der Waals surface area contributed by atoms with Crippen molar-refractivity contribution >= 4 is 48.6 Å². The van der Waals surface area contributed by atoms with Crippen molar-refractivity contribution in [2.45, 2.75) is 38.5 Å². The van der Waals surface area contributed by atoms with Gasteiger partial charge in [0.05, 0.1) is 11.1 Å². The molecule has 296 valence electrons. The standard InChI is InChI=1S/C58H39NS.C2H6/c1-57(2)46-26-11-6-19-38(46)40-32-31-37(35-50(40)57)59(36-17-4-3-5-18-36)51-29-14-9-21-41(51)43-25-16-24-42-39-20-7-12-27-47(39)58(56(42)43)48-28-13-8-22-44(48)54-49(58)33-34-53-55(54)45-23-10-15-30-52(45)60-53;1-2/h3-35H,1-2H3;1-2H3. The third-order valence-corrected chi connectivity index (χ3v) is 15.0. The Morgan fingerprint density at radius 2 is 0.952 bits per heavy atom. The molecule has 1 heterocycles. The number of hydrogen-bond acceptors (Lipinski definition) is 2. The predicted molar refractivity (Wildman–Crippen MR) is 265 cm³/mol. The summed E-state index contributed by atoms with van der Waals surface area (Å²) < 4.78 is 2.67. The third-order valence-electron chi connectivity index (χ3n) is 13.9. The van der Waals surface area contributed by atoms with Gasteiger partial charge in [-0.2, -0.15) is 0 Å². The molecule has 0 saturated heterocycles. The first-order valence-corrected chi connectivity index (χ1v) is 22.8. The molecule has 0 saturated carbocycles. The van der Waals surface area contributed by atoms with E-state index in [0.717, 1.165) is 17.1 Å². The first kappa shape index (κ1) is 36.8. The molecule has 0 radical (unpaired) electrons. The Morgan fingerprint density at radius 1 is 0.387 bits per heavy atom. The average Bonchev–Trinajstić information content (AvgIpc) is 4.02. The van der Waals surface area contributed by atoms with Crippen molar-refractivity contribution in [2.75, 3.05) is 4.90 Å². The molecule has 0 amide bonds. The Hall–Kier alpha value is -7.00. The first-order valence-electron chi connectivity index (χ1n) is 22.0. The van der Waals surface area contributed by atoms with Crippen molar-refractivity contribution in [1.29, 1.82) is 0 Å². The van der Waals surface area contributed by atoms with Crippen molar-refractivity contribution in [3.8, 4) is 44.5 Å². The maximum atomic E-state index is 2.49. The van der Waals surface area contributed by atoms with Gasteiger partial charge in [0.2, 0.25) is 0 Å². The van der Waals surface area contributed by atoms with Gasteiger partial charge < -0.3 is 4.90 Å². The van der Waals surface area contributed by atoms with Crippen molar-refractivity contribution in [3.05, 3.63) is 234 Å². The minimum absolute atomic E-state index is 0.120. The molecule has 13 rings (SSSR count). The number of hydrogen-bond donors (Lipinski definition) is 0. The highest BCUT2D eigenvalue weighted by atomic mass is 32.1. The van der Waals surface area contributed by atoms with Crippen LogP contribution >= 0.6 is 11.3 Å². The average molecular weight is 812 g/mol. The van der Waals surface area contributed by atoms with Crippen molar-refractivity contribution < 1.29 is 0 Å². The van der Waals surface area contributed by atoms with Crippen LogP contribution in [0, 0.1) is 0 Å². The molecule has 1 aromatic heterocycles.